The quantitative estimate of drug-likeness (QED) is 0.741. The summed E-state index contributed by atoms with van der Waals surface area (Å²) in [6.45, 7) is 4.00. The summed E-state index contributed by atoms with van der Waals surface area (Å²) in [5.41, 5.74) is 2.09. The van der Waals surface area contributed by atoms with Gasteiger partial charge in [0.15, 0.2) is 0 Å². The number of hydrogen-bond acceptors (Lipinski definition) is 1. The molecule has 1 nitrogen and oxygen atoms in total. The van der Waals surface area contributed by atoms with Crippen molar-refractivity contribution in [2.75, 3.05) is 0 Å². The Morgan fingerprint density at radius 3 is 1.41 bits per heavy atom. The van der Waals surface area contributed by atoms with Gasteiger partial charge in [0.2, 0.25) is 0 Å². The number of nitriles is 1. The van der Waals surface area contributed by atoms with Crippen LogP contribution in [0.4, 0.5) is 0 Å². The van der Waals surface area contributed by atoms with Crippen LogP contribution in [0.5, 0.6) is 0 Å². The van der Waals surface area contributed by atoms with Crippen molar-refractivity contribution in [1.29, 1.82) is 5.26 Å². The van der Waals surface area contributed by atoms with Crippen LogP contribution in [0.3, 0.4) is 0 Å². The monoisotopic (exact) mass is 223 g/mol. The third-order valence-corrected chi connectivity index (χ3v) is 2.39. The van der Waals surface area contributed by atoms with E-state index in [9.17, 15) is 5.26 Å². The second-order valence-electron chi connectivity index (χ2n) is 3.38. The maximum absolute atomic E-state index is 9.18. The first-order chi connectivity index (χ1) is 8.42. The first-order valence-electron chi connectivity index (χ1n) is 5.91. The summed E-state index contributed by atoms with van der Waals surface area (Å²) >= 11 is 0. The molecule has 0 spiro atoms. The van der Waals surface area contributed by atoms with Gasteiger partial charge in [-0.25, -0.2) is 0 Å². The van der Waals surface area contributed by atoms with Gasteiger partial charge in [-0.05, 0) is 11.1 Å². The molecule has 0 aliphatic carbocycles. The molecule has 0 N–H and O–H groups in total. The van der Waals surface area contributed by atoms with Crippen molar-refractivity contribution < 1.29 is 0 Å². The molecule has 0 saturated heterocycles. The predicted octanol–water partition coefficient (Wildman–Crippen LogP) is 4.37. The summed E-state index contributed by atoms with van der Waals surface area (Å²) in [6.07, 6.45) is 0. The lowest BCUT2D eigenvalue weighted by Gasteiger charge is -2.08. The Morgan fingerprint density at radius 2 is 1.12 bits per heavy atom. The van der Waals surface area contributed by atoms with Crippen LogP contribution in [0.15, 0.2) is 60.7 Å². The van der Waals surface area contributed by atoms with Crippen LogP contribution in [0, 0.1) is 11.3 Å². The van der Waals surface area contributed by atoms with Crippen molar-refractivity contribution in [3.8, 4) is 6.07 Å². The smallest absolute Gasteiger partial charge is 0.0962 e. The van der Waals surface area contributed by atoms with Crippen molar-refractivity contribution in [3.05, 3.63) is 71.8 Å². The van der Waals surface area contributed by atoms with E-state index in [1.165, 1.54) is 0 Å². The molecule has 0 aliphatic heterocycles. The van der Waals surface area contributed by atoms with Crippen LogP contribution in [-0.4, -0.2) is 0 Å². The minimum Gasteiger partial charge on any atom is -0.197 e. The van der Waals surface area contributed by atoms with Crippen LogP contribution in [0.25, 0.3) is 0 Å². The Balaban J connectivity index is 0.000000686. The second kappa shape index (κ2) is 7.24. The molecule has 2 aromatic carbocycles. The zero-order chi connectivity index (χ0) is 12.5. The first-order valence-corrected chi connectivity index (χ1v) is 5.91. The van der Waals surface area contributed by atoms with Gasteiger partial charge in [-0.1, -0.05) is 74.5 Å². The molecule has 0 radical (unpaired) electrons. The summed E-state index contributed by atoms with van der Waals surface area (Å²) in [7, 11) is 0. The summed E-state index contributed by atoms with van der Waals surface area (Å²) < 4.78 is 0. The van der Waals surface area contributed by atoms with Gasteiger partial charge in [-0.3, -0.25) is 0 Å². The topological polar surface area (TPSA) is 23.8 Å². The van der Waals surface area contributed by atoms with Crippen molar-refractivity contribution in [2.24, 2.45) is 0 Å². The Labute approximate surface area is 103 Å². The molecule has 0 atom stereocenters. The van der Waals surface area contributed by atoms with E-state index in [1.807, 2.05) is 74.5 Å². The van der Waals surface area contributed by atoms with E-state index in [0.29, 0.717) is 0 Å². The van der Waals surface area contributed by atoms with Crippen LogP contribution in [0.1, 0.15) is 30.9 Å². The Hall–Kier alpha value is -2.07. The Morgan fingerprint density at radius 1 is 0.765 bits per heavy atom. The molecule has 86 valence electrons. The van der Waals surface area contributed by atoms with Crippen LogP contribution < -0.4 is 0 Å². The van der Waals surface area contributed by atoms with Gasteiger partial charge >= 0.3 is 0 Å². The molecule has 0 amide bonds. The molecular formula is C16H17N. The second-order valence-corrected chi connectivity index (χ2v) is 3.38. The highest BCUT2D eigenvalue weighted by Crippen LogP contribution is 2.22. The van der Waals surface area contributed by atoms with Crippen LogP contribution in [-0.2, 0) is 0 Å². The molecule has 0 unspecified atom stereocenters. The van der Waals surface area contributed by atoms with E-state index >= 15 is 0 Å². The standard InChI is InChI=1S/C14H11N.C2H6/c15-11-14(12-7-3-1-4-8-12)13-9-5-2-6-10-13;1-2/h1-10,14H;1-2H3. The average molecular weight is 223 g/mol. The van der Waals surface area contributed by atoms with Gasteiger partial charge in [-0.15, -0.1) is 0 Å². The highest BCUT2D eigenvalue weighted by Gasteiger charge is 2.11. The lowest BCUT2D eigenvalue weighted by molar-refractivity contribution is 1.04. The van der Waals surface area contributed by atoms with Crippen molar-refractivity contribution in [2.45, 2.75) is 19.8 Å². The van der Waals surface area contributed by atoms with Crippen LogP contribution in [0.2, 0.25) is 0 Å². The zero-order valence-corrected chi connectivity index (χ0v) is 10.3. The van der Waals surface area contributed by atoms with Crippen LogP contribution >= 0.6 is 0 Å². The highest BCUT2D eigenvalue weighted by atomic mass is 14.3. The largest absolute Gasteiger partial charge is 0.197 e. The number of benzene rings is 2. The molecule has 0 aliphatic rings. The van der Waals surface area contributed by atoms with E-state index in [-0.39, 0.29) is 5.92 Å². The molecule has 1 heteroatoms. The molecule has 0 heterocycles. The number of rotatable bonds is 2. The maximum Gasteiger partial charge on any atom is 0.0962 e. The van der Waals surface area contributed by atoms with E-state index in [2.05, 4.69) is 6.07 Å². The minimum absolute atomic E-state index is 0.160. The normalized spacial score (nSPS) is 9.06. The number of nitrogens with zero attached hydrogens (tertiary/aromatic N) is 1. The lowest BCUT2D eigenvalue weighted by Crippen LogP contribution is -1.96. The fraction of sp³-hybridized carbons (Fsp3) is 0.188. The first kappa shape index (κ1) is 13.0. The van der Waals surface area contributed by atoms with E-state index < -0.39 is 0 Å². The predicted molar refractivity (Wildman–Crippen MR) is 71.7 cm³/mol. The molecular weight excluding hydrogens is 206 g/mol. The number of hydrogen-bond donors (Lipinski definition) is 0. The van der Waals surface area contributed by atoms with Gasteiger partial charge in [-0.2, -0.15) is 5.26 Å². The molecule has 0 bridgehead atoms. The Bertz CT molecular complexity index is 414. The summed E-state index contributed by atoms with van der Waals surface area (Å²) in [5, 5.41) is 9.18. The molecule has 0 saturated carbocycles. The van der Waals surface area contributed by atoms with Gasteiger partial charge in [0, 0.05) is 0 Å². The molecule has 0 aromatic heterocycles. The molecule has 17 heavy (non-hydrogen) atoms. The fourth-order valence-electron chi connectivity index (χ4n) is 1.63. The summed E-state index contributed by atoms with van der Waals surface area (Å²) in [6, 6.07) is 22.0. The zero-order valence-electron chi connectivity index (χ0n) is 10.3. The fourth-order valence-corrected chi connectivity index (χ4v) is 1.63. The van der Waals surface area contributed by atoms with Crippen molar-refractivity contribution in [3.63, 3.8) is 0 Å². The minimum atomic E-state index is -0.160. The SMILES string of the molecule is CC.N#CC(c1ccccc1)c1ccccc1. The molecule has 2 rings (SSSR count). The highest BCUT2D eigenvalue weighted by molar-refractivity contribution is 5.37. The van der Waals surface area contributed by atoms with E-state index in [1.54, 1.807) is 0 Å². The van der Waals surface area contributed by atoms with Crippen molar-refractivity contribution in [1.82, 2.24) is 0 Å². The van der Waals surface area contributed by atoms with Gasteiger partial charge in [0.1, 0.15) is 0 Å². The van der Waals surface area contributed by atoms with Crippen molar-refractivity contribution >= 4 is 0 Å². The maximum atomic E-state index is 9.18. The van der Waals surface area contributed by atoms with E-state index in [4.69, 9.17) is 0 Å². The molecule has 2 aromatic rings. The summed E-state index contributed by atoms with van der Waals surface area (Å²) in [4.78, 5) is 0. The third kappa shape index (κ3) is 3.46. The van der Waals surface area contributed by atoms with Gasteiger partial charge in [0.05, 0.1) is 12.0 Å². The summed E-state index contributed by atoms with van der Waals surface area (Å²) in [5.74, 6) is -0.160. The lowest BCUT2D eigenvalue weighted by atomic mass is 9.93. The van der Waals surface area contributed by atoms with Gasteiger partial charge in [0.25, 0.3) is 0 Å². The van der Waals surface area contributed by atoms with E-state index in [0.717, 1.165) is 11.1 Å². The van der Waals surface area contributed by atoms with Gasteiger partial charge < -0.3 is 0 Å². The average Bonchev–Trinajstić information content (AvgIpc) is 2.44. The Kier molecular flexibility index (Phi) is 5.54. The third-order valence-electron chi connectivity index (χ3n) is 2.39. The molecule has 0 fully saturated rings.